The predicted molar refractivity (Wildman–Crippen MR) is 120 cm³/mol. The van der Waals surface area contributed by atoms with Crippen LogP contribution in [0.5, 0.6) is 0 Å². The summed E-state index contributed by atoms with van der Waals surface area (Å²) in [6.07, 6.45) is 3.45. The van der Waals surface area contributed by atoms with E-state index in [4.69, 9.17) is 4.98 Å². The minimum absolute atomic E-state index is 0.0713. The van der Waals surface area contributed by atoms with Crippen LogP contribution in [0.25, 0.3) is 16.2 Å². The van der Waals surface area contributed by atoms with Gasteiger partial charge in [-0.1, -0.05) is 36.4 Å². The number of aromatic nitrogens is 3. The Hall–Kier alpha value is -3.19. The highest BCUT2D eigenvalue weighted by atomic mass is 32.1. The Balaban J connectivity index is 1.23. The number of amides is 1. The Labute approximate surface area is 183 Å². The van der Waals surface area contributed by atoms with E-state index < -0.39 is 0 Å². The number of benzene rings is 1. The lowest BCUT2D eigenvalue weighted by Gasteiger charge is -2.42. The third-order valence-electron chi connectivity index (χ3n) is 6.52. The molecule has 6 rings (SSSR count). The van der Waals surface area contributed by atoms with Gasteiger partial charge in [0.2, 0.25) is 5.91 Å². The first-order chi connectivity index (χ1) is 15.2. The van der Waals surface area contributed by atoms with Gasteiger partial charge < -0.3 is 9.47 Å². The van der Waals surface area contributed by atoms with Gasteiger partial charge in [-0.15, -0.1) is 11.3 Å². The van der Waals surface area contributed by atoms with Crippen LogP contribution in [0.2, 0.25) is 0 Å². The minimum atomic E-state index is 0.0713. The molecule has 1 amide bonds. The number of carbonyl (C=O) groups excluding carboxylic acids is 1. The van der Waals surface area contributed by atoms with Crippen molar-refractivity contribution in [3.05, 3.63) is 81.8 Å². The number of hydrogen-bond acceptors (Lipinski definition) is 4. The van der Waals surface area contributed by atoms with E-state index in [9.17, 15) is 9.59 Å². The van der Waals surface area contributed by atoms with Crippen LogP contribution in [0.4, 0.5) is 0 Å². The molecule has 0 saturated carbocycles. The van der Waals surface area contributed by atoms with Gasteiger partial charge in [-0.2, -0.15) is 0 Å². The summed E-state index contributed by atoms with van der Waals surface area (Å²) in [6, 6.07) is 15.6. The summed E-state index contributed by atoms with van der Waals surface area (Å²) in [7, 11) is 0. The monoisotopic (exact) mass is 430 g/mol. The van der Waals surface area contributed by atoms with Crippen molar-refractivity contribution in [3.63, 3.8) is 0 Å². The molecule has 4 aromatic rings. The number of nitrogens with zero attached hydrogens (tertiary/aromatic N) is 4. The molecule has 2 aliphatic rings. The van der Waals surface area contributed by atoms with Crippen LogP contribution in [-0.4, -0.2) is 37.8 Å². The second kappa shape index (κ2) is 7.20. The van der Waals surface area contributed by atoms with Crippen LogP contribution in [0, 0.1) is 5.92 Å². The van der Waals surface area contributed by atoms with E-state index in [1.165, 1.54) is 0 Å². The molecule has 1 aromatic carbocycles. The van der Waals surface area contributed by atoms with Crippen molar-refractivity contribution >= 4 is 22.2 Å². The van der Waals surface area contributed by atoms with Gasteiger partial charge in [0.15, 0.2) is 4.96 Å². The Morgan fingerprint density at radius 1 is 1.06 bits per heavy atom. The maximum absolute atomic E-state index is 13.2. The molecule has 2 atom stereocenters. The van der Waals surface area contributed by atoms with Crippen LogP contribution in [0.15, 0.2) is 64.9 Å². The van der Waals surface area contributed by atoms with Crippen molar-refractivity contribution in [3.8, 4) is 11.3 Å². The van der Waals surface area contributed by atoms with Gasteiger partial charge >= 0.3 is 0 Å². The van der Waals surface area contributed by atoms with E-state index in [0.717, 1.165) is 40.6 Å². The van der Waals surface area contributed by atoms with Crippen LogP contribution >= 0.6 is 11.3 Å². The van der Waals surface area contributed by atoms with Gasteiger partial charge in [0.05, 0.1) is 12.1 Å². The van der Waals surface area contributed by atoms with Crippen LogP contribution < -0.4 is 5.56 Å². The lowest BCUT2D eigenvalue weighted by molar-refractivity contribution is -0.133. The van der Waals surface area contributed by atoms with E-state index in [1.807, 2.05) is 67.9 Å². The molecule has 2 bridgehead atoms. The molecule has 1 fully saturated rings. The number of carbonyl (C=O) groups is 1. The third-order valence-corrected chi connectivity index (χ3v) is 7.41. The van der Waals surface area contributed by atoms with E-state index in [-0.39, 0.29) is 17.4 Å². The van der Waals surface area contributed by atoms with Crippen molar-refractivity contribution in [1.29, 1.82) is 0 Å². The standard InChI is InChI=1S/C24H22N4O2S/c29-22-8-4-7-21-18-9-16(12-28(21)22)11-26(13-18)23(30)10-19-15-31-24-25-20(14-27(19)24)17-5-2-1-3-6-17/h1-8,14-16,18H,9-13H2/t16-,18+/m1/s1. The number of likely N-dealkylation sites (tertiary alicyclic amines) is 1. The molecule has 0 radical (unpaired) electrons. The van der Waals surface area contributed by atoms with Crippen molar-refractivity contribution in [2.45, 2.75) is 25.3 Å². The highest BCUT2D eigenvalue weighted by Crippen LogP contribution is 2.35. The van der Waals surface area contributed by atoms with Gasteiger partial charge in [0.1, 0.15) is 0 Å². The lowest BCUT2D eigenvalue weighted by atomic mass is 9.83. The quantitative estimate of drug-likeness (QED) is 0.500. The number of piperidine rings is 1. The van der Waals surface area contributed by atoms with Crippen LogP contribution in [0.1, 0.15) is 23.7 Å². The predicted octanol–water partition coefficient (Wildman–Crippen LogP) is 3.41. The highest BCUT2D eigenvalue weighted by molar-refractivity contribution is 7.15. The number of rotatable bonds is 3. The number of pyridine rings is 1. The van der Waals surface area contributed by atoms with E-state index >= 15 is 0 Å². The van der Waals surface area contributed by atoms with Gasteiger partial charge in [0.25, 0.3) is 5.56 Å². The number of thiazole rings is 1. The third kappa shape index (κ3) is 3.20. The first-order valence-electron chi connectivity index (χ1n) is 10.6. The summed E-state index contributed by atoms with van der Waals surface area (Å²) in [6.45, 7) is 2.12. The molecule has 31 heavy (non-hydrogen) atoms. The van der Waals surface area contributed by atoms with Crippen molar-refractivity contribution < 1.29 is 4.79 Å². The SMILES string of the molecule is O=C(Cc1csc2nc(-c3ccccc3)cn12)N1C[C@H]2C[C@@H](C1)c1cccc(=O)n1C2. The Kier molecular flexibility index (Phi) is 4.31. The van der Waals surface area contributed by atoms with Crippen molar-refractivity contribution in [2.75, 3.05) is 13.1 Å². The van der Waals surface area contributed by atoms with Gasteiger partial charge in [-0.05, 0) is 18.4 Å². The molecule has 0 spiro atoms. The van der Waals surface area contributed by atoms with Gasteiger partial charge in [-0.3, -0.25) is 14.0 Å². The topological polar surface area (TPSA) is 59.6 Å². The number of fused-ring (bicyclic) bond motifs is 5. The molecule has 5 heterocycles. The summed E-state index contributed by atoms with van der Waals surface area (Å²) >= 11 is 1.57. The maximum Gasteiger partial charge on any atom is 0.250 e. The maximum atomic E-state index is 13.2. The van der Waals surface area contributed by atoms with E-state index in [1.54, 1.807) is 17.4 Å². The fourth-order valence-electron chi connectivity index (χ4n) is 5.07. The summed E-state index contributed by atoms with van der Waals surface area (Å²) < 4.78 is 3.95. The fourth-order valence-corrected chi connectivity index (χ4v) is 5.94. The lowest BCUT2D eigenvalue weighted by Crippen LogP contribution is -2.49. The van der Waals surface area contributed by atoms with Gasteiger partial charge in [-0.25, -0.2) is 4.98 Å². The molecule has 0 unspecified atom stereocenters. The number of imidazole rings is 1. The zero-order valence-corrected chi connectivity index (χ0v) is 17.8. The number of hydrogen-bond donors (Lipinski definition) is 0. The van der Waals surface area contributed by atoms with Crippen molar-refractivity contribution in [2.24, 2.45) is 5.92 Å². The van der Waals surface area contributed by atoms with E-state index in [2.05, 4.69) is 0 Å². The first-order valence-corrected chi connectivity index (χ1v) is 11.5. The van der Waals surface area contributed by atoms with Gasteiger partial charge in [0, 0.05) is 60.1 Å². The Morgan fingerprint density at radius 3 is 2.81 bits per heavy atom. The zero-order chi connectivity index (χ0) is 20.9. The highest BCUT2D eigenvalue weighted by Gasteiger charge is 2.36. The first kappa shape index (κ1) is 18.6. The smallest absolute Gasteiger partial charge is 0.250 e. The molecule has 2 aliphatic heterocycles. The molecular formula is C24H22N4O2S. The molecule has 156 valence electrons. The molecule has 7 heteroatoms. The molecule has 1 saturated heterocycles. The van der Waals surface area contributed by atoms with Crippen LogP contribution in [0.3, 0.4) is 0 Å². The molecule has 0 N–H and O–H groups in total. The van der Waals surface area contributed by atoms with E-state index in [0.29, 0.717) is 25.4 Å². The minimum Gasteiger partial charge on any atom is -0.341 e. The molecular weight excluding hydrogens is 408 g/mol. The molecule has 0 aliphatic carbocycles. The Morgan fingerprint density at radius 2 is 1.94 bits per heavy atom. The average molecular weight is 431 g/mol. The summed E-state index contributed by atoms with van der Waals surface area (Å²) in [5.74, 6) is 0.734. The Bertz CT molecular complexity index is 1340. The largest absolute Gasteiger partial charge is 0.341 e. The second-order valence-electron chi connectivity index (χ2n) is 8.55. The normalized spacial score (nSPS) is 20.1. The fraction of sp³-hybridized carbons (Fsp3) is 0.292. The second-order valence-corrected chi connectivity index (χ2v) is 9.38. The summed E-state index contributed by atoms with van der Waals surface area (Å²) in [4.78, 5) is 33.1. The van der Waals surface area contributed by atoms with Crippen molar-refractivity contribution in [1.82, 2.24) is 18.9 Å². The summed E-state index contributed by atoms with van der Waals surface area (Å²) in [5, 5.41) is 2.04. The summed E-state index contributed by atoms with van der Waals surface area (Å²) in [5.41, 5.74) is 4.12. The van der Waals surface area contributed by atoms with Crippen LogP contribution in [-0.2, 0) is 17.8 Å². The zero-order valence-electron chi connectivity index (χ0n) is 17.0. The average Bonchev–Trinajstić information content (AvgIpc) is 3.37. The molecule has 3 aromatic heterocycles. The molecule has 6 nitrogen and oxygen atoms in total.